The zero-order valence-electron chi connectivity index (χ0n) is 16.5. The number of hydrogen-bond donors (Lipinski definition) is 0. The van der Waals surface area contributed by atoms with E-state index in [-0.39, 0.29) is 18.7 Å². The van der Waals surface area contributed by atoms with Gasteiger partial charge in [-0.1, -0.05) is 6.07 Å². The molecule has 0 aliphatic carbocycles. The Morgan fingerprint density at radius 1 is 0.966 bits per heavy atom. The highest BCUT2D eigenvalue weighted by molar-refractivity contribution is 5.96. The van der Waals surface area contributed by atoms with Crippen molar-refractivity contribution in [3.63, 3.8) is 0 Å². The second-order valence-electron chi connectivity index (χ2n) is 6.75. The van der Waals surface area contributed by atoms with Crippen LogP contribution in [0.4, 0.5) is 0 Å². The Balaban J connectivity index is 1.62. The van der Waals surface area contributed by atoms with Gasteiger partial charge in [0, 0.05) is 11.5 Å². The predicted molar refractivity (Wildman–Crippen MR) is 105 cm³/mol. The summed E-state index contributed by atoms with van der Waals surface area (Å²) in [5.41, 5.74) is 2.44. The van der Waals surface area contributed by atoms with Gasteiger partial charge in [0.05, 0.1) is 27.9 Å². The summed E-state index contributed by atoms with van der Waals surface area (Å²) in [6.07, 6.45) is 2.44. The fraction of sp³-hybridized carbons (Fsp3) is 0.318. The second kappa shape index (κ2) is 7.95. The van der Waals surface area contributed by atoms with Gasteiger partial charge in [0.15, 0.2) is 23.0 Å². The minimum absolute atomic E-state index is 0.0873. The third-order valence-corrected chi connectivity index (χ3v) is 5.02. The number of fused-ring (bicyclic) bond motifs is 1. The Morgan fingerprint density at radius 2 is 1.69 bits per heavy atom. The monoisotopic (exact) mass is 398 g/mol. The lowest BCUT2D eigenvalue weighted by molar-refractivity contribution is -0.135. The average Bonchev–Trinajstić information content (AvgIpc) is 3.34. The first-order chi connectivity index (χ1) is 14.1. The van der Waals surface area contributed by atoms with Crippen molar-refractivity contribution in [2.24, 2.45) is 5.92 Å². The van der Waals surface area contributed by atoms with E-state index in [4.69, 9.17) is 28.4 Å². The van der Waals surface area contributed by atoms with Crippen LogP contribution in [-0.4, -0.2) is 40.7 Å². The van der Waals surface area contributed by atoms with Crippen molar-refractivity contribution in [3.8, 4) is 28.7 Å². The Bertz CT molecular complexity index is 939. The number of ether oxygens (including phenoxy) is 6. The zero-order chi connectivity index (χ0) is 20.4. The minimum Gasteiger partial charge on any atom is -0.493 e. The van der Waals surface area contributed by atoms with E-state index in [0.29, 0.717) is 47.3 Å². The van der Waals surface area contributed by atoms with Crippen molar-refractivity contribution in [1.29, 1.82) is 0 Å². The van der Waals surface area contributed by atoms with Crippen LogP contribution in [-0.2, 0) is 16.0 Å². The largest absolute Gasteiger partial charge is 0.493 e. The molecule has 0 aromatic heterocycles. The number of cyclic esters (lactones) is 1. The van der Waals surface area contributed by atoms with E-state index < -0.39 is 0 Å². The summed E-state index contributed by atoms with van der Waals surface area (Å²) in [5, 5.41) is 0. The average molecular weight is 398 g/mol. The summed E-state index contributed by atoms with van der Waals surface area (Å²) < 4.78 is 32.3. The molecular formula is C22H22O7. The van der Waals surface area contributed by atoms with E-state index in [0.717, 1.165) is 11.1 Å². The number of rotatable bonds is 6. The van der Waals surface area contributed by atoms with Crippen molar-refractivity contribution in [2.75, 3.05) is 34.7 Å². The first-order valence-corrected chi connectivity index (χ1v) is 9.20. The van der Waals surface area contributed by atoms with Crippen LogP contribution in [0.5, 0.6) is 28.7 Å². The van der Waals surface area contributed by atoms with Gasteiger partial charge < -0.3 is 28.4 Å². The summed E-state index contributed by atoms with van der Waals surface area (Å²) in [6, 6.07) is 9.37. The molecule has 0 bridgehead atoms. The predicted octanol–water partition coefficient (Wildman–Crippen LogP) is 3.24. The summed E-state index contributed by atoms with van der Waals surface area (Å²) in [4.78, 5) is 12.3. The summed E-state index contributed by atoms with van der Waals surface area (Å²) in [5.74, 6) is 2.67. The van der Waals surface area contributed by atoms with Crippen LogP contribution in [0.2, 0.25) is 0 Å². The summed E-state index contributed by atoms with van der Waals surface area (Å²) >= 11 is 0. The van der Waals surface area contributed by atoms with E-state index in [1.54, 1.807) is 21.3 Å². The molecule has 2 heterocycles. The molecule has 1 saturated heterocycles. The van der Waals surface area contributed by atoms with Crippen LogP contribution >= 0.6 is 0 Å². The first kappa shape index (κ1) is 19.0. The van der Waals surface area contributed by atoms with Gasteiger partial charge in [-0.25, -0.2) is 4.79 Å². The lowest BCUT2D eigenvalue weighted by atomic mass is 9.92. The smallest absolute Gasteiger partial charge is 0.334 e. The van der Waals surface area contributed by atoms with Gasteiger partial charge in [-0.3, -0.25) is 0 Å². The highest BCUT2D eigenvalue weighted by Gasteiger charge is 2.31. The van der Waals surface area contributed by atoms with Crippen LogP contribution in [0.15, 0.2) is 35.9 Å². The summed E-state index contributed by atoms with van der Waals surface area (Å²) in [6.45, 7) is 0.535. The van der Waals surface area contributed by atoms with Gasteiger partial charge in [0.25, 0.3) is 0 Å². The van der Waals surface area contributed by atoms with Gasteiger partial charge in [-0.05, 0) is 47.9 Å². The van der Waals surface area contributed by atoms with Crippen molar-refractivity contribution in [2.45, 2.75) is 6.42 Å². The van der Waals surface area contributed by atoms with Gasteiger partial charge >= 0.3 is 5.97 Å². The maximum absolute atomic E-state index is 12.3. The SMILES string of the molecule is COc1cc(CC2COC(=O)/C2=C/c2ccc3c(c2)OCO3)cc(OC)c1OC. The standard InChI is InChI=1S/C22H22O7/c1-24-19-9-14(10-20(25-2)21(19)26-3)6-15-11-27-22(23)16(15)7-13-4-5-17-18(8-13)29-12-28-17/h4-5,7-10,15H,6,11-12H2,1-3H3/b16-7+. The second-order valence-corrected chi connectivity index (χ2v) is 6.75. The van der Waals surface area contributed by atoms with E-state index in [1.807, 2.05) is 36.4 Å². The molecule has 0 amide bonds. The van der Waals surface area contributed by atoms with E-state index in [9.17, 15) is 4.79 Å². The molecular weight excluding hydrogens is 376 g/mol. The zero-order valence-corrected chi connectivity index (χ0v) is 16.5. The number of carbonyl (C=O) groups excluding carboxylic acids is 1. The van der Waals surface area contributed by atoms with E-state index >= 15 is 0 Å². The number of methoxy groups -OCH3 is 3. The molecule has 0 saturated carbocycles. The topological polar surface area (TPSA) is 72.5 Å². The fourth-order valence-electron chi connectivity index (χ4n) is 3.58. The normalized spacial score (nSPS) is 18.7. The molecule has 29 heavy (non-hydrogen) atoms. The number of hydrogen-bond acceptors (Lipinski definition) is 7. The molecule has 1 fully saturated rings. The fourth-order valence-corrected chi connectivity index (χ4v) is 3.58. The molecule has 2 aromatic rings. The number of carbonyl (C=O) groups is 1. The third kappa shape index (κ3) is 3.68. The molecule has 1 unspecified atom stereocenters. The van der Waals surface area contributed by atoms with Gasteiger partial charge in [0.2, 0.25) is 12.5 Å². The molecule has 0 N–H and O–H groups in total. The number of benzene rings is 2. The van der Waals surface area contributed by atoms with E-state index in [2.05, 4.69) is 0 Å². The van der Waals surface area contributed by atoms with Crippen molar-refractivity contribution < 1.29 is 33.2 Å². The van der Waals surface area contributed by atoms with Crippen molar-refractivity contribution in [3.05, 3.63) is 47.0 Å². The maximum atomic E-state index is 12.3. The maximum Gasteiger partial charge on any atom is 0.334 e. The van der Waals surface area contributed by atoms with Gasteiger partial charge in [0.1, 0.15) is 0 Å². The van der Waals surface area contributed by atoms with Crippen LogP contribution in [0, 0.1) is 5.92 Å². The van der Waals surface area contributed by atoms with Crippen molar-refractivity contribution >= 4 is 12.0 Å². The molecule has 7 heteroatoms. The van der Waals surface area contributed by atoms with Crippen molar-refractivity contribution in [1.82, 2.24) is 0 Å². The molecule has 2 aromatic carbocycles. The van der Waals surface area contributed by atoms with Crippen LogP contribution < -0.4 is 23.7 Å². The Kier molecular flexibility index (Phi) is 5.20. The highest BCUT2D eigenvalue weighted by atomic mass is 16.7. The molecule has 0 spiro atoms. The summed E-state index contributed by atoms with van der Waals surface area (Å²) in [7, 11) is 4.72. The molecule has 1 atom stereocenters. The Labute approximate surface area is 168 Å². The minimum atomic E-state index is -0.305. The van der Waals surface area contributed by atoms with Gasteiger partial charge in [-0.15, -0.1) is 0 Å². The quantitative estimate of drug-likeness (QED) is 0.546. The number of esters is 1. The Hall–Kier alpha value is -3.35. The van der Waals surface area contributed by atoms with Crippen LogP contribution in [0.25, 0.3) is 6.08 Å². The molecule has 0 radical (unpaired) electrons. The van der Waals surface area contributed by atoms with Crippen LogP contribution in [0.3, 0.4) is 0 Å². The molecule has 152 valence electrons. The molecule has 4 rings (SSSR count). The molecule has 7 nitrogen and oxygen atoms in total. The highest BCUT2D eigenvalue weighted by Crippen LogP contribution is 2.40. The lowest BCUT2D eigenvalue weighted by Gasteiger charge is -2.15. The molecule has 2 aliphatic rings. The Morgan fingerprint density at radius 3 is 2.38 bits per heavy atom. The first-order valence-electron chi connectivity index (χ1n) is 9.20. The van der Waals surface area contributed by atoms with E-state index in [1.165, 1.54) is 0 Å². The van der Waals surface area contributed by atoms with Crippen LogP contribution in [0.1, 0.15) is 11.1 Å². The third-order valence-electron chi connectivity index (χ3n) is 5.02. The van der Waals surface area contributed by atoms with Gasteiger partial charge in [-0.2, -0.15) is 0 Å². The molecule has 2 aliphatic heterocycles. The lowest BCUT2D eigenvalue weighted by Crippen LogP contribution is -2.08.